The van der Waals surface area contributed by atoms with Crippen LogP contribution in [0.15, 0.2) is 96.2 Å². The molecule has 0 bridgehead atoms. The molecule has 5 rings (SSSR count). The Kier molecular flexibility index (Phi) is 6.43. The van der Waals surface area contributed by atoms with Crippen LogP contribution in [0.25, 0.3) is 21.8 Å². The maximum Gasteiger partial charge on any atom is 0.331 e. The minimum atomic E-state index is -0.425. The van der Waals surface area contributed by atoms with Gasteiger partial charge in [0.25, 0.3) is 0 Å². The second-order valence-corrected chi connectivity index (χ2v) is 9.21. The highest BCUT2D eigenvalue weighted by molar-refractivity contribution is 6.11. The van der Waals surface area contributed by atoms with E-state index in [0.717, 1.165) is 12.1 Å². The molecule has 4 heteroatoms. The van der Waals surface area contributed by atoms with E-state index in [1.54, 1.807) is 0 Å². The number of benzene rings is 4. The molecule has 0 amide bonds. The van der Waals surface area contributed by atoms with Crippen molar-refractivity contribution < 1.29 is 9.63 Å². The van der Waals surface area contributed by atoms with Crippen LogP contribution in [0.2, 0.25) is 0 Å². The van der Waals surface area contributed by atoms with Gasteiger partial charge < -0.3 is 9.40 Å². The summed E-state index contributed by atoms with van der Waals surface area (Å²) in [6, 6.07) is 32.5. The van der Waals surface area contributed by atoms with Crippen LogP contribution in [-0.2, 0) is 16.2 Å². The van der Waals surface area contributed by atoms with Crippen molar-refractivity contribution in [3.8, 4) is 0 Å². The van der Waals surface area contributed by atoms with Crippen molar-refractivity contribution in [2.45, 2.75) is 40.2 Å². The molecule has 0 saturated carbocycles. The Morgan fingerprint density at radius 2 is 1.50 bits per heavy atom. The van der Waals surface area contributed by atoms with Gasteiger partial charge in [-0.15, -0.1) is 0 Å². The Balaban J connectivity index is 1.73. The number of aromatic nitrogens is 1. The van der Waals surface area contributed by atoms with Crippen molar-refractivity contribution in [3.05, 3.63) is 119 Å². The van der Waals surface area contributed by atoms with E-state index in [1.807, 2.05) is 13.0 Å². The molecule has 0 aliphatic heterocycles. The largest absolute Gasteiger partial charge is 0.341 e. The van der Waals surface area contributed by atoms with Crippen LogP contribution in [0, 0.1) is 6.92 Å². The van der Waals surface area contributed by atoms with Gasteiger partial charge in [0.1, 0.15) is 0 Å². The summed E-state index contributed by atoms with van der Waals surface area (Å²) in [4.78, 5) is 16.1. The molecule has 0 aliphatic carbocycles. The zero-order valence-corrected chi connectivity index (χ0v) is 21.2. The number of aryl methyl sites for hydroxylation is 2. The molecule has 0 saturated heterocycles. The lowest BCUT2D eigenvalue weighted by molar-refractivity contribution is -0.140. The molecule has 0 N–H and O–H groups in total. The van der Waals surface area contributed by atoms with E-state index in [0.29, 0.717) is 5.71 Å². The maximum absolute atomic E-state index is 11.2. The van der Waals surface area contributed by atoms with E-state index >= 15 is 0 Å². The SMILES string of the molecule is CCn1c2ccc(C(C)=NOC(C)=O)cc2c2cc(C(c3ccccc3)c3ccccc3C)ccc21. The number of nitrogens with zero attached hydrogens (tertiary/aromatic N) is 2. The Morgan fingerprint density at radius 3 is 2.19 bits per heavy atom. The van der Waals surface area contributed by atoms with Crippen LogP contribution in [0.3, 0.4) is 0 Å². The minimum absolute atomic E-state index is 0.132. The predicted molar refractivity (Wildman–Crippen MR) is 148 cm³/mol. The maximum atomic E-state index is 11.2. The average Bonchev–Trinajstić information content (AvgIpc) is 3.21. The lowest BCUT2D eigenvalue weighted by atomic mass is 9.82. The summed E-state index contributed by atoms with van der Waals surface area (Å²) in [5.74, 6) is -0.293. The molecule has 0 fully saturated rings. The van der Waals surface area contributed by atoms with Crippen molar-refractivity contribution in [1.82, 2.24) is 4.57 Å². The molecule has 1 aromatic heterocycles. The summed E-state index contributed by atoms with van der Waals surface area (Å²) >= 11 is 0. The van der Waals surface area contributed by atoms with Crippen molar-refractivity contribution in [1.29, 1.82) is 0 Å². The van der Waals surface area contributed by atoms with Gasteiger partial charge >= 0.3 is 5.97 Å². The van der Waals surface area contributed by atoms with Gasteiger partial charge in [-0.2, -0.15) is 0 Å². The lowest BCUT2D eigenvalue weighted by Crippen LogP contribution is -2.05. The molecule has 0 aliphatic rings. The van der Waals surface area contributed by atoms with E-state index in [9.17, 15) is 4.79 Å². The highest BCUT2D eigenvalue weighted by atomic mass is 16.7. The molecule has 180 valence electrons. The molecule has 4 nitrogen and oxygen atoms in total. The van der Waals surface area contributed by atoms with Crippen LogP contribution in [0.1, 0.15) is 54.5 Å². The number of carbonyl (C=O) groups is 1. The highest BCUT2D eigenvalue weighted by Crippen LogP contribution is 2.38. The molecule has 1 unspecified atom stereocenters. The number of oxime groups is 1. The first-order valence-corrected chi connectivity index (χ1v) is 12.4. The summed E-state index contributed by atoms with van der Waals surface area (Å²) in [5.41, 5.74) is 9.12. The fraction of sp³-hybridized carbons (Fsp3) is 0.188. The highest BCUT2D eigenvalue weighted by Gasteiger charge is 2.20. The van der Waals surface area contributed by atoms with Gasteiger partial charge in [0.2, 0.25) is 0 Å². The fourth-order valence-electron chi connectivity index (χ4n) is 5.16. The zero-order chi connectivity index (χ0) is 25.2. The number of hydrogen-bond acceptors (Lipinski definition) is 3. The first kappa shape index (κ1) is 23.6. The molecular weight excluding hydrogens is 444 g/mol. The summed E-state index contributed by atoms with van der Waals surface area (Å²) in [5, 5.41) is 6.38. The average molecular weight is 475 g/mol. The van der Waals surface area contributed by atoms with Crippen molar-refractivity contribution in [3.63, 3.8) is 0 Å². The van der Waals surface area contributed by atoms with Gasteiger partial charge in [-0.05, 0) is 72.9 Å². The van der Waals surface area contributed by atoms with Crippen molar-refractivity contribution >= 4 is 33.5 Å². The lowest BCUT2D eigenvalue weighted by Gasteiger charge is -2.21. The van der Waals surface area contributed by atoms with Gasteiger partial charge in [0, 0.05) is 41.2 Å². The first-order valence-electron chi connectivity index (χ1n) is 12.4. The standard InChI is InChI=1S/C32H30N2O2/c1-5-34-30-17-15-25(22(3)33-36-23(4)35)19-28(30)29-20-26(16-18-31(29)34)32(24-12-7-6-8-13-24)27-14-10-9-11-21(27)2/h6-20,32H,5H2,1-4H3. The van der Waals surface area contributed by atoms with Crippen LogP contribution in [-0.4, -0.2) is 16.2 Å². The van der Waals surface area contributed by atoms with Gasteiger partial charge in [0.05, 0.1) is 5.71 Å². The van der Waals surface area contributed by atoms with Crippen LogP contribution in [0.4, 0.5) is 0 Å². The Hall–Kier alpha value is -4.18. The molecule has 4 aromatic carbocycles. The topological polar surface area (TPSA) is 43.6 Å². The Morgan fingerprint density at radius 1 is 0.833 bits per heavy atom. The summed E-state index contributed by atoms with van der Waals surface area (Å²) in [6.45, 7) is 8.45. The zero-order valence-electron chi connectivity index (χ0n) is 21.2. The molecule has 36 heavy (non-hydrogen) atoms. The number of rotatable bonds is 6. The second kappa shape index (κ2) is 9.82. The third-order valence-electron chi connectivity index (χ3n) is 6.90. The first-order chi connectivity index (χ1) is 17.5. The molecule has 0 spiro atoms. The quantitative estimate of drug-likeness (QED) is 0.110. The summed E-state index contributed by atoms with van der Waals surface area (Å²) < 4.78 is 2.35. The second-order valence-electron chi connectivity index (χ2n) is 9.21. The molecular formula is C32H30N2O2. The van der Waals surface area contributed by atoms with E-state index in [1.165, 1.54) is 51.0 Å². The summed E-state index contributed by atoms with van der Waals surface area (Å²) in [7, 11) is 0. The summed E-state index contributed by atoms with van der Waals surface area (Å²) in [6.07, 6.45) is 0. The Labute approximate surface area is 211 Å². The molecule has 1 atom stereocenters. The van der Waals surface area contributed by atoms with Gasteiger partial charge in [0.15, 0.2) is 0 Å². The fourth-order valence-corrected chi connectivity index (χ4v) is 5.16. The van der Waals surface area contributed by atoms with Gasteiger partial charge in [-0.1, -0.05) is 71.9 Å². The third kappa shape index (κ3) is 4.31. The molecule has 5 aromatic rings. The van der Waals surface area contributed by atoms with Gasteiger partial charge in [-0.25, -0.2) is 4.79 Å². The number of hydrogen-bond donors (Lipinski definition) is 0. The van der Waals surface area contributed by atoms with E-state index in [-0.39, 0.29) is 5.92 Å². The monoisotopic (exact) mass is 474 g/mol. The smallest absolute Gasteiger partial charge is 0.331 e. The third-order valence-corrected chi connectivity index (χ3v) is 6.90. The Bertz CT molecular complexity index is 1600. The van der Waals surface area contributed by atoms with E-state index in [4.69, 9.17) is 4.84 Å². The van der Waals surface area contributed by atoms with E-state index in [2.05, 4.69) is 108 Å². The number of fused-ring (bicyclic) bond motifs is 3. The molecule has 1 heterocycles. The predicted octanol–water partition coefficient (Wildman–Crippen LogP) is 7.59. The number of carbonyl (C=O) groups excluding carboxylic acids is 1. The van der Waals surface area contributed by atoms with Crippen LogP contribution in [0.5, 0.6) is 0 Å². The molecule has 0 radical (unpaired) electrons. The van der Waals surface area contributed by atoms with E-state index < -0.39 is 5.97 Å². The van der Waals surface area contributed by atoms with Crippen LogP contribution >= 0.6 is 0 Å². The minimum Gasteiger partial charge on any atom is -0.341 e. The van der Waals surface area contributed by atoms with Gasteiger partial charge in [-0.3, -0.25) is 0 Å². The normalized spacial score (nSPS) is 12.7. The van der Waals surface area contributed by atoms with Crippen LogP contribution < -0.4 is 0 Å². The van der Waals surface area contributed by atoms with Crippen molar-refractivity contribution in [2.24, 2.45) is 5.16 Å². The van der Waals surface area contributed by atoms with Crippen molar-refractivity contribution in [2.75, 3.05) is 0 Å².